The van der Waals surface area contributed by atoms with Crippen LogP contribution >= 0.6 is 0 Å². The smallest absolute Gasteiger partial charge is 0.325 e. The first kappa shape index (κ1) is 19.5. The summed E-state index contributed by atoms with van der Waals surface area (Å²) >= 11 is 0. The maximum Gasteiger partial charge on any atom is 0.325 e. The zero-order valence-electron chi connectivity index (χ0n) is 15.8. The van der Waals surface area contributed by atoms with Crippen molar-refractivity contribution < 1.29 is 23.8 Å². The first-order valence-electron chi connectivity index (χ1n) is 9.26. The molecule has 0 radical (unpaired) electrons. The molecule has 0 fully saturated rings. The second-order valence-corrected chi connectivity index (χ2v) is 6.41. The number of nitrogens with one attached hydrogen (secondary N) is 2. The molecule has 0 spiro atoms. The highest BCUT2D eigenvalue weighted by Gasteiger charge is 2.18. The van der Waals surface area contributed by atoms with Gasteiger partial charge in [0, 0.05) is 6.04 Å². The summed E-state index contributed by atoms with van der Waals surface area (Å²) in [6.45, 7) is 2.06. The van der Waals surface area contributed by atoms with Crippen molar-refractivity contribution in [3.05, 3.63) is 59.7 Å². The third kappa shape index (κ3) is 5.64. The Balaban J connectivity index is 1.64. The molecule has 28 heavy (non-hydrogen) atoms. The van der Waals surface area contributed by atoms with Crippen LogP contribution in [-0.2, 0) is 22.4 Å². The van der Waals surface area contributed by atoms with E-state index in [9.17, 15) is 9.59 Å². The van der Waals surface area contributed by atoms with Crippen LogP contribution in [0.1, 0.15) is 18.1 Å². The number of urea groups is 1. The zero-order valence-corrected chi connectivity index (χ0v) is 15.8. The van der Waals surface area contributed by atoms with Crippen molar-refractivity contribution in [2.24, 2.45) is 0 Å². The van der Waals surface area contributed by atoms with Gasteiger partial charge in [-0.25, -0.2) is 4.79 Å². The van der Waals surface area contributed by atoms with Gasteiger partial charge in [0.15, 0.2) is 11.5 Å². The SMILES string of the molecule is CCOC(=O)CNC(=O)NC(Cc1ccccc1)Cc1ccc2c(c1)OCO2. The number of esters is 1. The number of carbonyl (C=O) groups excluding carboxylic acids is 2. The molecule has 2 aromatic rings. The van der Waals surface area contributed by atoms with Gasteiger partial charge in [0.25, 0.3) is 0 Å². The molecule has 2 N–H and O–H groups in total. The molecule has 7 nitrogen and oxygen atoms in total. The van der Waals surface area contributed by atoms with Crippen LogP contribution in [0.4, 0.5) is 4.79 Å². The summed E-state index contributed by atoms with van der Waals surface area (Å²) < 4.78 is 15.6. The lowest BCUT2D eigenvalue weighted by atomic mass is 9.99. The first-order chi connectivity index (χ1) is 13.6. The lowest BCUT2D eigenvalue weighted by molar-refractivity contribution is -0.141. The standard InChI is InChI=1S/C21H24N2O5/c1-2-26-20(24)13-22-21(25)23-17(10-15-6-4-3-5-7-15)11-16-8-9-18-19(12-16)28-14-27-18/h3-9,12,17H,2,10-11,13-14H2,1H3,(H2,22,23,25). The highest BCUT2D eigenvalue weighted by atomic mass is 16.7. The molecule has 0 saturated heterocycles. The van der Waals surface area contributed by atoms with Crippen LogP contribution in [0.15, 0.2) is 48.5 Å². The van der Waals surface area contributed by atoms with Gasteiger partial charge < -0.3 is 24.8 Å². The minimum atomic E-state index is -0.465. The number of hydrogen-bond donors (Lipinski definition) is 2. The number of hydrogen-bond acceptors (Lipinski definition) is 5. The van der Waals surface area contributed by atoms with E-state index in [1.54, 1.807) is 6.92 Å². The second kappa shape index (κ2) is 9.64. The Morgan fingerprint density at radius 2 is 1.79 bits per heavy atom. The van der Waals surface area contributed by atoms with Gasteiger partial charge in [0.2, 0.25) is 6.79 Å². The Labute approximate surface area is 164 Å². The summed E-state index contributed by atoms with van der Waals surface area (Å²) in [7, 11) is 0. The number of ether oxygens (including phenoxy) is 3. The summed E-state index contributed by atoms with van der Waals surface area (Å²) in [5.41, 5.74) is 2.13. The molecule has 7 heteroatoms. The summed E-state index contributed by atoms with van der Waals surface area (Å²) in [4.78, 5) is 23.7. The van der Waals surface area contributed by atoms with Crippen molar-refractivity contribution in [1.82, 2.24) is 10.6 Å². The maximum absolute atomic E-state index is 12.3. The molecule has 0 saturated carbocycles. The zero-order chi connectivity index (χ0) is 19.8. The molecule has 148 valence electrons. The van der Waals surface area contributed by atoms with E-state index >= 15 is 0 Å². The lowest BCUT2D eigenvalue weighted by Gasteiger charge is -2.20. The molecule has 2 amide bonds. The van der Waals surface area contributed by atoms with Gasteiger partial charge in [-0.15, -0.1) is 0 Å². The normalized spacial score (nSPS) is 12.9. The van der Waals surface area contributed by atoms with Gasteiger partial charge in [0.05, 0.1) is 6.61 Å². The Bertz CT molecular complexity index is 810. The van der Waals surface area contributed by atoms with Gasteiger partial charge in [-0.1, -0.05) is 36.4 Å². The Kier molecular flexibility index (Phi) is 6.73. The highest BCUT2D eigenvalue weighted by Crippen LogP contribution is 2.32. The van der Waals surface area contributed by atoms with Crippen molar-refractivity contribution >= 4 is 12.0 Å². The molecule has 0 aliphatic carbocycles. The summed E-state index contributed by atoms with van der Waals surface area (Å²) in [5, 5.41) is 5.49. The van der Waals surface area contributed by atoms with Crippen LogP contribution in [0, 0.1) is 0 Å². The fraction of sp³-hybridized carbons (Fsp3) is 0.333. The predicted molar refractivity (Wildman–Crippen MR) is 103 cm³/mol. The molecule has 1 aliphatic heterocycles. The van der Waals surface area contributed by atoms with E-state index in [1.807, 2.05) is 48.5 Å². The minimum absolute atomic E-state index is 0.162. The molecule has 1 heterocycles. The third-order valence-corrected chi connectivity index (χ3v) is 4.28. The van der Waals surface area contributed by atoms with Gasteiger partial charge >= 0.3 is 12.0 Å². The van der Waals surface area contributed by atoms with Crippen LogP contribution in [-0.4, -0.2) is 38.0 Å². The van der Waals surface area contributed by atoms with Crippen molar-refractivity contribution in [1.29, 1.82) is 0 Å². The van der Waals surface area contributed by atoms with Crippen molar-refractivity contribution in [2.75, 3.05) is 19.9 Å². The van der Waals surface area contributed by atoms with E-state index in [0.29, 0.717) is 18.6 Å². The van der Waals surface area contributed by atoms with E-state index in [4.69, 9.17) is 14.2 Å². The first-order valence-corrected chi connectivity index (χ1v) is 9.26. The fourth-order valence-corrected chi connectivity index (χ4v) is 3.03. The van der Waals surface area contributed by atoms with Gasteiger partial charge in [-0.3, -0.25) is 4.79 Å². The summed E-state index contributed by atoms with van der Waals surface area (Å²) in [6, 6.07) is 15.1. The number of amides is 2. The largest absolute Gasteiger partial charge is 0.465 e. The average Bonchev–Trinajstić information content (AvgIpc) is 3.15. The summed E-state index contributed by atoms with van der Waals surface area (Å²) in [6.07, 6.45) is 1.26. The number of carbonyl (C=O) groups is 2. The minimum Gasteiger partial charge on any atom is -0.465 e. The van der Waals surface area contributed by atoms with E-state index in [2.05, 4.69) is 10.6 Å². The van der Waals surface area contributed by atoms with Crippen LogP contribution in [0.25, 0.3) is 0 Å². The number of fused-ring (bicyclic) bond motifs is 1. The molecule has 0 bridgehead atoms. The number of rotatable bonds is 8. The van der Waals surface area contributed by atoms with Gasteiger partial charge in [-0.05, 0) is 43.0 Å². The second-order valence-electron chi connectivity index (χ2n) is 6.41. The van der Waals surface area contributed by atoms with Crippen molar-refractivity contribution in [3.8, 4) is 11.5 Å². The van der Waals surface area contributed by atoms with Crippen LogP contribution < -0.4 is 20.1 Å². The van der Waals surface area contributed by atoms with Crippen molar-refractivity contribution in [3.63, 3.8) is 0 Å². The molecule has 0 aromatic heterocycles. The van der Waals surface area contributed by atoms with E-state index in [1.165, 1.54) is 0 Å². The fourth-order valence-electron chi connectivity index (χ4n) is 3.03. The monoisotopic (exact) mass is 384 g/mol. The Hall–Kier alpha value is -3.22. The number of benzene rings is 2. The Morgan fingerprint density at radius 1 is 1.04 bits per heavy atom. The van der Waals surface area contributed by atoms with Crippen molar-refractivity contribution in [2.45, 2.75) is 25.8 Å². The van der Waals surface area contributed by atoms with E-state index in [0.717, 1.165) is 16.9 Å². The predicted octanol–water partition coefficient (Wildman–Crippen LogP) is 2.43. The molecule has 3 rings (SSSR count). The molecule has 1 unspecified atom stereocenters. The van der Waals surface area contributed by atoms with Gasteiger partial charge in [0.1, 0.15) is 6.54 Å². The molecular formula is C21H24N2O5. The quantitative estimate of drug-likeness (QED) is 0.683. The average molecular weight is 384 g/mol. The summed E-state index contributed by atoms with van der Waals surface area (Å²) in [5.74, 6) is 0.972. The molecular weight excluding hydrogens is 360 g/mol. The van der Waals surface area contributed by atoms with Crippen LogP contribution in [0.2, 0.25) is 0 Å². The molecule has 1 aliphatic rings. The highest BCUT2D eigenvalue weighted by molar-refractivity contribution is 5.80. The third-order valence-electron chi connectivity index (χ3n) is 4.28. The maximum atomic E-state index is 12.3. The topological polar surface area (TPSA) is 85.9 Å². The lowest BCUT2D eigenvalue weighted by Crippen LogP contribution is -2.45. The van der Waals surface area contributed by atoms with E-state index < -0.39 is 12.0 Å². The van der Waals surface area contributed by atoms with Crippen LogP contribution in [0.5, 0.6) is 11.5 Å². The van der Waals surface area contributed by atoms with E-state index in [-0.39, 0.29) is 26.0 Å². The van der Waals surface area contributed by atoms with Gasteiger partial charge in [-0.2, -0.15) is 0 Å². The van der Waals surface area contributed by atoms with Crippen LogP contribution in [0.3, 0.4) is 0 Å². The Morgan fingerprint density at radius 3 is 2.57 bits per heavy atom. The molecule has 2 aromatic carbocycles. The molecule has 1 atom stereocenters.